The van der Waals surface area contributed by atoms with Crippen LogP contribution in [0.1, 0.15) is 49.4 Å². The van der Waals surface area contributed by atoms with E-state index in [2.05, 4.69) is 11.8 Å². The summed E-state index contributed by atoms with van der Waals surface area (Å²) in [5.41, 5.74) is -0.165. The SMILES string of the molecule is CC1CCC(O)(CN2CCCN(C(=O)c3cccc(F)c3)CC2)CC1. The normalized spacial score (nSPS) is 28.6. The van der Waals surface area contributed by atoms with Gasteiger partial charge in [0.1, 0.15) is 5.82 Å². The van der Waals surface area contributed by atoms with Crippen molar-refractivity contribution in [3.8, 4) is 0 Å². The van der Waals surface area contributed by atoms with E-state index in [9.17, 15) is 14.3 Å². The van der Waals surface area contributed by atoms with Crippen LogP contribution in [0.15, 0.2) is 24.3 Å². The second kappa shape index (κ2) is 7.83. The second-order valence-corrected chi connectivity index (χ2v) is 7.84. The molecule has 0 bridgehead atoms. The van der Waals surface area contributed by atoms with Crippen molar-refractivity contribution >= 4 is 5.91 Å². The molecule has 1 heterocycles. The lowest BCUT2D eigenvalue weighted by atomic mass is 9.79. The standard InChI is InChI=1S/C20H29FN2O2/c1-16-6-8-20(25,9-7-16)15-22-10-3-11-23(13-12-22)19(24)17-4-2-5-18(21)14-17/h2,4-5,14,16,25H,3,6-13,15H2,1H3. The minimum absolute atomic E-state index is 0.105. The maximum Gasteiger partial charge on any atom is 0.254 e. The molecule has 1 aromatic rings. The summed E-state index contributed by atoms with van der Waals surface area (Å²) < 4.78 is 13.4. The van der Waals surface area contributed by atoms with Crippen LogP contribution >= 0.6 is 0 Å². The zero-order valence-electron chi connectivity index (χ0n) is 15.1. The Balaban J connectivity index is 1.56. The molecule has 1 aliphatic heterocycles. The Morgan fingerprint density at radius 3 is 2.72 bits per heavy atom. The van der Waals surface area contributed by atoms with E-state index in [4.69, 9.17) is 0 Å². The van der Waals surface area contributed by atoms with Crippen molar-refractivity contribution in [3.05, 3.63) is 35.6 Å². The summed E-state index contributed by atoms with van der Waals surface area (Å²) in [6.07, 6.45) is 4.81. The van der Waals surface area contributed by atoms with Crippen molar-refractivity contribution in [1.29, 1.82) is 0 Å². The predicted octanol–water partition coefficient (Wildman–Crippen LogP) is 2.91. The number of benzene rings is 1. The Kier molecular flexibility index (Phi) is 5.74. The average molecular weight is 348 g/mol. The van der Waals surface area contributed by atoms with Gasteiger partial charge in [-0.15, -0.1) is 0 Å². The Bertz CT molecular complexity index is 599. The number of hydrogen-bond acceptors (Lipinski definition) is 3. The molecule has 1 N–H and O–H groups in total. The second-order valence-electron chi connectivity index (χ2n) is 7.84. The number of carbonyl (C=O) groups is 1. The largest absolute Gasteiger partial charge is 0.389 e. The lowest BCUT2D eigenvalue weighted by Gasteiger charge is -2.38. The highest BCUT2D eigenvalue weighted by molar-refractivity contribution is 5.94. The van der Waals surface area contributed by atoms with Crippen molar-refractivity contribution in [1.82, 2.24) is 9.80 Å². The first-order valence-electron chi connectivity index (χ1n) is 9.45. The molecule has 25 heavy (non-hydrogen) atoms. The Hall–Kier alpha value is -1.46. The quantitative estimate of drug-likeness (QED) is 0.913. The van der Waals surface area contributed by atoms with Crippen LogP contribution in [0.2, 0.25) is 0 Å². The summed E-state index contributed by atoms with van der Waals surface area (Å²) in [4.78, 5) is 16.7. The maximum atomic E-state index is 13.4. The summed E-state index contributed by atoms with van der Waals surface area (Å²) in [7, 11) is 0. The zero-order valence-corrected chi connectivity index (χ0v) is 15.1. The van der Waals surface area contributed by atoms with Crippen molar-refractivity contribution in [2.24, 2.45) is 5.92 Å². The molecule has 0 spiro atoms. The molecule has 1 amide bonds. The van der Waals surface area contributed by atoms with Gasteiger partial charge in [-0.05, 0) is 56.2 Å². The maximum absolute atomic E-state index is 13.4. The molecule has 2 aliphatic rings. The van der Waals surface area contributed by atoms with Gasteiger partial charge < -0.3 is 10.0 Å². The Morgan fingerprint density at radius 1 is 1.24 bits per heavy atom. The van der Waals surface area contributed by atoms with Crippen LogP contribution in [0.5, 0.6) is 0 Å². The van der Waals surface area contributed by atoms with Gasteiger partial charge in [-0.3, -0.25) is 9.69 Å². The monoisotopic (exact) mass is 348 g/mol. The van der Waals surface area contributed by atoms with Gasteiger partial charge in [-0.1, -0.05) is 13.0 Å². The molecule has 4 nitrogen and oxygen atoms in total. The van der Waals surface area contributed by atoms with E-state index < -0.39 is 5.60 Å². The number of amides is 1. The smallest absolute Gasteiger partial charge is 0.254 e. The molecule has 0 aromatic heterocycles. The third-order valence-electron chi connectivity index (χ3n) is 5.67. The molecule has 1 aromatic carbocycles. The first-order valence-corrected chi connectivity index (χ1v) is 9.45. The summed E-state index contributed by atoms with van der Waals surface area (Å²) in [5.74, 6) is 0.228. The van der Waals surface area contributed by atoms with Crippen LogP contribution in [0.4, 0.5) is 4.39 Å². The van der Waals surface area contributed by atoms with Crippen molar-refractivity contribution in [3.63, 3.8) is 0 Å². The van der Waals surface area contributed by atoms with Gasteiger partial charge in [0.05, 0.1) is 5.60 Å². The number of halogens is 1. The summed E-state index contributed by atoms with van der Waals surface area (Å²) in [5, 5.41) is 10.9. The fraction of sp³-hybridized carbons (Fsp3) is 0.650. The highest BCUT2D eigenvalue weighted by atomic mass is 19.1. The molecule has 1 aliphatic carbocycles. The van der Waals surface area contributed by atoms with E-state index in [-0.39, 0.29) is 11.7 Å². The van der Waals surface area contributed by atoms with E-state index in [1.807, 2.05) is 4.90 Å². The van der Waals surface area contributed by atoms with E-state index in [0.29, 0.717) is 31.1 Å². The minimum Gasteiger partial charge on any atom is -0.389 e. The predicted molar refractivity (Wildman–Crippen MR) is 95.9 cm³/mol. The molecule has 1 saturated heterocycles. The van der Waals surface area contributed by atoms with Gasteiger partial charge in [0, 0.05) is 38.3 Å². The first kappa shape index (κ1) is 18.3. The fourth-order valence-corrected chi connectivity index (χ4v) is 4.01. The topological polar surface area (TPSA) is 43.8 Å². The van der Waals surface area contributed by atoms with Crippen LogP contribution < -0.4 is 0 Å². The average Bonchev–Trinajstić information content (AvgIpc) is 2.82. The molecule has 0 unspecified atom stereocenters. The molecule has 0 atom stereocenters. The molecule has 2 fully saturated rings. The van der Waals surface area contributed by atoms with E-state index in [0.717, 1.165) is 45.2 Å². The van der Waals surface area contributed by atoms with Crippen molar-refractivity contribution < 1.29 is 14.3 Å². The lowest BCUT2D eigenvalue weighted by Crippen LogP contribution is -2.46. The molecule has 1 saturated carbocycles. The van der Waals surface area contributed by atoms with Crippen molar-refractivity contribution in [2.45, 2.75) is 44.6 Å². The van der Waals surface area contributed by atoms with Gasteiger partial charge in [0.25, 0.3) is 5.91 Å². The van der Waals surface area contributed by atoms with E-state index >= 15 is 0 Å². The molecule has 0 radical (unpaired) electrons. The van der Waals surface area contributed by atoms with Gasteiger partial charge >= 0.3 is 0 Å². The first-order chi connectivity index (χ1) is 12.0. The molecule has 3 rings (SSSR count). The van der Waals surface area contributed by atoms with Crippen LogP contribution in [-0.2, 0) is 0 Å². The van der Waals surface area contributed by atoms with Gasteiger partial charge in [-0.2, -0.15) is 0 Å². The number of rotatable bonds is 3. The third kappa shape index (κ3) is 4.79. The van der Waals surface area contributed by atoms with Crippen LogP contribution in [-0.4, -0.2) is 59.1 Å². The fourth-order valence-electron chi connectivity index (χ4n) is 4.01. The summed E-state index contributed by atoms with van der Waals surface area (Å²) in [6, 6.07) is 5.90. The zero-order chi connectivity index (χ0) is 17.9. The van der Waals surface area contributed by atoms with Gasteiger partial charge in [0.15, 0.2) is 0 Å². The lowest BCUT2D eigenvalue weighted by molar-refractivity contribution is -0.0341. The van der Waals surface area contributed by atoms with Crippen LogP contribution in [0.3, 0.4) is 0 Å². The van der Waals surface area contributed by atoms with E-state index in [1.54, 1.807) is 12.1 Å². The molecule has 138 valence electrons. The van der Waals surface area contributed by atoms with Crippen LogP contribution in [0, 0.1) is 11.7 Å². The Morgan fingerprint density at radius 2 is 2.00 bits per heavy atom. The third-order valence-corrected chi connectivity index (χ3v) is 5.67. The number of carbonyl (C=O) groups excluding carboxylic acids is 1. The number of nitrogens with zero attached hydrogens (tertiary/aromatic N) is 2. The van der Waals surface area contributed by atoms with Crippen LogP contribution in [0.25, 0.3) is 0 Å². The number of aliphatic hydroxyl groups is 1. The minimum atomic E-state index is -0.575. The summed E-state index contributed by atoms with van der Waals surface area (Å²) >= 11 is 0. The van der Waals surface area contributed by atoms with E-state index in [1.165, 1.54) is 12.1 Å². The molecular weight excluding hydrogens is 319 g/mol. The summed E-state index contributed by atoms with van der Waals surface area (Å²) in [6.45, 7) is 5.91. The van der Waals surface area contributed by atoms with Gasteiger partial charge in [0.2, 0.25) is 0 Å². The highest BCUT2D eigenvalue weighted by Gasteiger charge is 2.34. The molecule has 5 heteroatoms. The number of hydrogen-bond donors (Lipinski definition) is 1. The Labute approximate surface area is 149 Å². The number of β-amino-alcohol motifs (C(OH)–C–C–N with tert-alkyl or cyclic N) is 1. The van der Waals surface area contributed by atoms with Gasteiger partial charge in [-0.25, -0.2) is 4.39 Å². The highest BCUT2D eigenvalue weighted by Crippen LogP contribution is 2.32. The van der Waals surface area contributed by atoms with Crippen molar-refractivity contribution in [2.75, 3.05) is 32.7 Å². The molecular formula is C20H29FN2O2.